The smallest absolute Gasteiger partial charge is 0.330 e. The van der Waals surface area contributed by atoms with Crippen molar-refractivity contribution >= 4 is 8.32 Å². The summed E-state index contributed by atoms with van der Waals surface area (Å²) >= 11 is 0. The lowest BCUT2D eigenvalue weighted by Gasteiger charge is -2.40. The number of aliphatic hydroxyl groups is 1. The largest absolute Gasteiger partial charge is 0.407 e. The molecule has 0 spiro atoms. The highest BCUT2D eigenvalue weighted by molar-refractivity contribution is 6.74. The molecule has 7 nitrogen and oxygen atoms in total. The molecule has 1 aromatic rings. The number of aromatic nitrogens is 2. The molecule has 0 aromatic carbocycles. The van der Waals surface area contributed by atoms with Crippen LogP contribution in [0.15, 0.2) is 15.8 Å². The third kappa shape index (κ3) is 3.81. The number of hydrogen-bond donors (Lipinski definition) is 2. The van der Waals surface area contributed by atoms with Crippen LogP contribution in [0.1, 0.15) is 45.9 Å². The number of nitrogens with one attached hydrogen (secondary N) is 1. The zero-order valence-electron chi connectivity index (χ0n) is 16.1. The second-order valence-electron chi connectivity index (χ2n) is 8.29. The van der Waals surface area contributed by atoms with Crippen LogP contribution >= 0.6 is 0 Å². The molecule has 2 rings (SSSR count). The monoisotopic (exact) mass is 370 g/mol. The Labute approximate surface area is 149 Å². The van der Waals surface area contributed by atoms with Gasteiger partial charge in [0, 0.05) is 11.8 Å². The van der Waals surface area contributed by atoms with Crippen molar-refractivity contribution in [1.82, 2.24) is 9.55 Å². The van der Waals surface area contributed by atoms with Gasteiger partial charge in [0.2, 0.25) is 0 Å². The number of aromatic amines is 1. The molecule has 1 aliphatic rings. The van der Waals surface area contributed by atoms with Crippen LogP contribution in [0.5, 0.6) is 0 Å². The normalized spacial score (nSPS) is 27.7. The van der Waals surface area contributed by atoms with Gasteiger partial charge in [0.05, 0.1) is 6.10 Å². The fourth-order valence-electron chi connectivity index (χ4n) is 2.70. The standard InChI is InChI=1S/C17H30N2O5Si/c1-8-11-12(20)13(24-25(6,7)17(3,4)5)15(23-11)19-9-10(2)14(21)18-16(19)22/h9,11-13,15,20H,8H2,1-7H3,(H,18,21,22)/t11-,12+,13?,15-/m1/s1. The quantitative estimate of drug-likeness (QED) is 0.790. The molecule has 0 saturated carbocycles. The summed E-state index contributed by atoms with van der Waals surface area (Å²) in [6.45, 7) is 14.1. The third-order valence-electron chi connectivity index (χ3n) is 5.37. The van der Waals surface area contributed by atoms with Gasteiger partial charge in [0.1, 0.15) is 12.2 Å². The van der Waals surface area contributed by atoms with Crippen LogP contribution in [0.25, 0.3) is 0 Å². The Morgan fingerprint density at radius 1 is 1.36 bits per heavy atom. The average Bonchev–Trinajstić information content (AvgIpc) is 2.78. The van der Waals surface area contributed by atoms with Crippen LogP contribution < -0.4 is 11.2 Å². The molecule has 142 valence electrons. The van der Waals surface area contributed by atoms with Crippen LogP contribution in [-0.2, 0) is 9.16 Å². The van der Waals surface area contributed by atoms with Gasteiger partial charge in [-0.05, 0) is 31.5 Å². The molecule has 1 unspecified atom stereocenters. The van der Waals surface area contributed by atoms with E-state index in [4.69, 9.17) is 9.16 Å². The van der Waals surface area contributed by atoms with Gasteiger partial charge in [-0.15, -0.1) is 0 Å². The highest BCUT2D eigenvalue weighted by atomic mass is 28.4. The van der Waals surface area contributed by atoms with Crippen molar-refractivity contribution in [2.75, 3.05) is 0 Å². The van der Waals surface area contributed by atoms with Crippen molar-refractivity contribution in [3.8, 4) is 0 Å². The van der Waals surface area contributed by atoms with Gasteiger partial charge >= 0.3 is 5.69 Å². The first-order valence-electron chi connectivity index (χ1n) is 8.72. The number of hydrogen-bond acceptors (Lipinski definition) is 5. The molecular weight excluding hydrogens is 340 g/mol. The van der Waals surface area contributed by atoms with Gasteiger partial charge in [-0.25, -0.2) is 4.79 Å². The lowest BCUT2D eigenvalue weighted by atomic mass is 10.1. The third-order valence-corrected chi connectivity index (χ3v) is 9.85. The van der Waals surface area contributed by atoms with E-state index >= 15 is 0 Å². The van der Waals surface area contributed by atoms with E-state index in [-0.39, 0.29) is 5.04 Å². The summed E-state index contributed by atoms with van der Waals surface area (Å²) in [4.78, 5) is 26.2. The highest BCUT2D eigenvalue weighted by Gasteiger charge is 2.50. The summed E-state index contributed by atoms with van der Waals surface area (Å²) in [5, 5.41) is 10.7. The molecule has 0 bridgehead atoms. The highest BCUT2D eigenvalue weighted by Crippen LogP contribution is 2.41. The zero-order valence-corrected chi connectivity index (χ0v) is 17.1. The molecule has 1 fully saturated rings. The molecule has 0 aliphatic carbocycles. The number of aliphatic hydroxyl groups excluding tert-OH is 1. The van der Waals surface area contributed by atoms with Gasteiger partial charge in [0.25, 0.3) is 5.56 Å². The molecule has 25 heavy (non-hydrogen) atoms. The summed E-state index contributed by atoms with van der Waals surface area (Å²) in [6, 6.07) is 0. The number of H-pyrrole nitrogens is 1. The molecule has 1 saturated heterocycles. The van der Waals surface area contributed by atoms with Crippen LogP contribution in [0.2, 0.25) is 18.1 Å². The summed E-state index contributed by atoms with van der Waals surface area (Å²) in [6.07, 6.45) is -0.599. The number of nitrogens with zero attached hydrogens (tertiary/aromatic N) is 1. The van der Waals surface area contributed by atoms with E-state index in [0.717, 1.165) is 0 Å². The molecular formula is C17H30N2O5Si. The van der Waals surface area contributed by atoms with Crippen LogP contribution in [0, 0.1) is 6.92 Å². The van der Waals surface area contributed by atoms with Crippen molar-refractivity contribution < 1.29 is 14.3 Å². The molecule has 0 radical (unpaired) electrons. The second kappa shape index (κ2) is 6.83. The van der Waals surface area contributed by atoms with E-state index < -0.39 is 44.1 Å². The minimum atomic E-state index is -2.20. The molecule has 1 aromatic heterocycles. The van der Waals surface area contributed by atoms with Gasteiger partial charge in [0.15, 0.2) is 14.5 Å². The summed E-state index contributed by atoms with van der Waals surface area (Å²) < 4.78 is 13.7. The first-order valence-corrected chi connectivity index (χ1v) is 11.6. The first kappa shape index (κ1) is 20.1. The molecule has 2 heterocycles. The fourth-order valence-corrected chi connectivity index (χ4v) is 3.99. The van der Waals surface area contributed by atoms with Gasteiger partial charge in [-0.1, -0.05) is 27.7 Å². The lowest BCUT2D eigenvalue weighted by molar-refractivity contribution is -0.0374. The molecule has 1 aliphatic heterocycles. The van der Waals surface area contributed by atoms with Crippen molar-refractivity contribution in [3.63, 3.8) is 0 Å². The van der Waals surface area contributed by atoms with Gasteiger partial charge in [-0.2, -0.15) is 0 Å². The Morgan fingerprint density at radius 3 is 2.48 bits per heavy atom. The van der Waals surface area contributed by atoms with Crippen LogP contribution in [0.3, 0.4) is 0 Å². The zero-order chi connectivity index (χ0) is 19.2. The van der Waals surface area contributed by atoms with Crippen molar-refractivity contribution in [3.05, 3.63) is 32.6 Å². The SMILES string of the molecule is CC[C@H]1O[C@@H](n2cc(C)c(=O)[nH]c2=O)C(O[Si](C)(C)C(C)(C)C)[C@H]1O. The molecule has 2 N–H and O–H groups in total. The van der Waals surface area contributed by atoms with E-state index in [1.54, 1.807) is 6.92 Å². The Balaban J connectivity index is 2.46. The maximum atomic E-state index is 12.3. The van der Waals surface area contributed by atoms with Crippen molar-refractivity contribution in [1.29, 1.82) is 0 Å². The maximum Gasteiger partial charge on any atom is 0.330 e. The van der Waals surface area contributed by atoms with E-state index in [2.05, 4.69) is 38.8 Å². The minimum absolute atomic E-state index is 0.0482. The van der Waals surface area contributed by atoms with E-state index in [1.165, 1.54) is 10.8 Å². The lowest BCUT2D eigenvalue weighted by Crippen LogP contribution is -2.49. The second-order valence-corrected chi connectivity index (χ2v) is 13.0. The summed E-state index contributed by atoms with van der Waals surface area (Å²) in [7, 11) is -2.20. The molecule has 0 amide bonds. The number of ether oxygens (including phenoxy) is 1. The van der Waals surface area contributed by atoms with E-state index in [9.17, 15) is 14.7 Å². The predicted octanol–water partition coefficient (Wildman–Crippen LogP) is 1.90. The summed E-state index contributed by atoms with van der Waals surface area (Å²) in [5.41, 5.74) is -0.578. The fraction of sp³-hybridized carbons (Fsp3) is 0.765. The Hall–Kier alpha value is -1.22. The first-order chi connectivity index (χ1) is 11.4. The Bertz CT molecular complexity index is 734. The number of aryl methyl sites for hydroxylation is 1. The Morgan fingerprint density at radius 2 is 1.96 bits per heavy atom. The van der Waals surface area contributed by atoms with Crippen LogP contribution in [0.4, 0.5) is 0 Å². The van der Waals surface area contributed by atoms with Crippen molar-refractivity contribution in [2.45, 2.75) is 83.7 Å². The minimum Gasteiger partial charge on any atom is -0.407 e. The molecule has 4 atom stereocenters. The Kier molecular flexibility index (Phi) is 5.49. The summed E-state index contributed by atoms with van der Waals surface area (Å²) in [5.74, 6) is 0. The number of rotatable bonds is 4. The maximum absolute atomic E-state index is 12.3. The topological polar surface area (TPSA) is 93.6 Å². The van der Waals surface area contributed by atoms with Crippen LogP contribution in [-0.4, -0.2) is 41.3 Å². The van der Waals surface area contributed by atoms with Crippen molar-refractivity contribution in [2.24, 2.45) is 0 Å². The van der Waals surface area contributed by atoms with E-state index in [0.29, 0.717) is 12.0 Å². The predicted molar refractivity (Wildman–Crippen MR) is 98.3 cm³/mol. The van der Waals surface area contributed by atoms with Gasteiger partial charge < -0.3 is 14.3 Å². The molecule has 8 heteroatoms. The van der Waals surface area contributed by atoms with Gasteiger partial charge in [-0.3, -0.25) is 14.3 Å². The average molecular weight is 371 g/mol. The van der Waals surface area contributed by atoms with E-state index in [1.807, 2.05) is 6.92 Å².